The number of sulfonamides is 1. The van der Waals surface area contributed by atoms with Crippen molar-refractivity contribution in [2.75, 3.05) is 26.8 Å². The lowest BCUT2D eigenvalue weighted by molar-refractivity contribution is -0.136. The van der Waals surface area contributed by atoms with Gasteiger partial charge in [0.1, 0.15) is 6.54 Å². The molecule has 0 aromatic heterocycles. The first-order valence-corrected chi connectivity index (χ1v) is 7.20. The third-order valence-electron chi connectivity index (χ3n) is 2.52. The zero-order valence-corrected chi connectivity index (χ0v) is 11.9. The van der Waals surface area contributed by atoms with E-state index in [1.54, 1.807) is 6.07 Å². The molecule has 0 saturated heterocycles. The van der Waals surface area contributed by atoms with Crippen molar-refractivity contribution in [1.82, 2.24) is 4.31 Å². The average Bonchev–Trinajstić information content (AvgIpc) is 2.42. The van der Waals surface area contributed by atoms with Gasteiger partial charge in [0.15, 0.2) is 0 Å². The Bertz CT molecular complexity index is 606. The van der Waals surface area contributed by atoms with Crippen LogP contribution in [0.2, 0.25) is 0 Å². The van der Waals surface area contributed by atoms with Gasteiger partial charge in [-0.3, -0.25) is 0 Å². The fourth-order valence-electron chi connectivity index (χ4n) is 1.53. The van der Waals surface area contributed by atoms with E-state index in [1.165, 1.54) is 19.2 Å². The number of nitrogens with zero attached hydrogens (tertiary/aromatic N) is 2. The minimum atomic E-state index is -4.66. The van der Waals surface area contributed by atoms with Gasteiger partial charge in [-0.15, -0.1) is 0 Å². The number of methoxy groups -OCH3 is 1. The Morgan fingerprint density at radius 1 is 1.29 bits per heavy atom. The summed E-state index contributed by atoms with van der Waals surface area (Å²) in [5.74, 6) is 0. The van der Waals surface area contributed by atoms with E-state index in [4.69, 9.17) is 5.26 Å². The largest absolute Gasteiger partial charge is 0.402 e. The van der Waals surface area contributed by atoms with Gasteiger partial charge in [-0.25, -0.2) is 8.42 Å². The second-order valence-electron chi connectivity index (χ2n) is 4.08. The first kappa shape index (κ1) is 17.4. The zero-order valence-electron chi connectivity index (χ0n) is 11.1. The van der Waals surface area contributed by atoms with Crippen LogP contribution in [0.1, 0.15) is 5.56 Å². The van der Waals surface area contributed by atoms with Gasteiger partial charge in [-0.1, -0.05) is 0 Å². The molecule has 0 atom stereocenters. The van der Waals surface area contributed by atoms with Gasteiger partial charge in [0.2, 0.25) is 10.0 Å². The molecule has 5 nitrogen and oxygen atoms in total. The molecule has 0 saturated carbocycles. The summed E-state index contributed by atoms with van der Waals surface area (Å²) in [4.78, 5) is -0.304. The van der Waals surface area contributed by atoms with E-state index in [9.17, 15) is 21.6 Å². The normalized spacial score (nSPS) is 12.4. The van der Waals surface area contributed by atoms with Gasteiger partial charge in [-0.2, -0.15) is 22.7 Å². The summed E-state index contributed by atoms with van der Waals surface area (Å²) in [5, 5.41) is 8.63. The van der Waals surface area contributed by atoms with Gasteiger partial charge < -0.3 is 4.74 Å². The van der Waals surface area contributed by atoms with Gasteiger partial charge in [0.25, 0.3) is 0 Å². The van der Waals surface area contributed by atoms with Crippen molar-refractivity contribution in [3.63, 3.8) is 0 Å². The highest BCUT2D eigenvalue weighted by molar-refractivity contribution is 7.89. The minimum Gasteiger partial charge on any atom is -0.383 e. The summed E-state index contributed by atoms with van der Waals surface area (Å²) in [5.41, 5.74) is 0.216. The summed E-state index contributed by atoms with van der Waals surface area (Å²) in [6.07, 6.45) is -4.66. The van der Waals surface area contributed by atoms with Crippen LogP contribution in [-0.4, -0.2) is 45.7 Å². The summed E-state index contributed by atoms with van der Waals surface area (Å²) >= 11 is 0. The van der Waals surface area contributed by atoms with E-state index in [-0.39, 0.29) is 17.1 Å². The van der Waals surface area contributed by atoms with Crippen molar-refractivity contribution >= 4 is 10.0 Å². The first-order valence-electron chi connectivity index (χ1n) is 5.76. The van der Waals surface area contributed by atoms with Gasteiger partial charge >= 0.3 is 6.18 Å². The topological polar surface area (TPSA) is 70.4 Å². The van der Waals surface area contributed by atoms with Crippen LogP contribution in [0.3, 0.4) is 0 Å². The molecule has 116 valence electrons. The number of halogens is 3. The third kappa shape index (κ3) is 5.00. The van der Waals surface area contributed by atoms with Crippen molar-refractivity contribution in [3.8, 4) is 6.07 Å². The van der Waals surface area contributed by atoms with E-state index >= 15 is 0 Å². The number of ether oxygens (including phenoxy) is 1. The minimum absolute atomic E-state index is 0.161. The Hall–Kier alpha value is -1.63. The molecule has 0 heterocycles. The monoisotopic (exact) mass is 322 g/mol. The highest BCUT2D eigenvalue weighted by Crippen LogP contribution is 2.22. The third-order valence-corrected chi connectivity index (χ3v) is 4.38. The van der Waals surface area contributed by atoms with E-state index in [0.717, 1.165) is 12.1 Å². The van der Waals surface area contributed by atoms with E-state index in [2.05, 4.69) is 4.74 Å². The Morgan fingerprint density at radius 2 is 1.86 bits per heavy atom. The summed E-state index contributed by atoms with van der Waals surface area (Å²) < 4.78 is 66.9. The van der Waals surface area contributed by atoms with Crippen LogP contribution >= 0.6 is 0 Å². The quantitative estimate of drug-likeness (QED) is 0.800. The molecule has 1 aromatic carbocycles. The molecule has 1 aromatic rings. The average molecular weight is 322 g/mol. The molecule has 0 bridgehead atoms. The van der Waals surface area contributed by atoms with Crippen LogP contribution in [0.5, 0.6) is 0 Å². The maximum Gasteiger partial charge on any atom is 0.402 e. The predicted octanol–water partition coefficient (Wildman–Crippen LogP) is 1.76. The van der Waals surface area contributed by atoms with Crippen LogP contribution in [0.25, 0.3) is 0 Å². The molecule has 0 aliphatic carbocycles. The Balaban J connectivity index is 3.10. The summed E-state index contributed by atoms with van der Waals surface area (Å²) in [6.45, 7) is -2.18. The van der Waals surface area contributed by atoms with Crippen molar-refractivity contribution < 1.29 is 26.3 Å². The number of alkyl halides is 3. The molecule has 0 N–H and O–H groups in total. The molecular formula is C12H13F3N2O3S. The molecule has 21 heavy (non-hydrogen) atoms. The number of hydrogen-bond donors (Lipinski definition) is 0. The lowest BCUT2D eigenvalue weighted by Crippen LogP contribution is -2.40. The first-order chi connectivity index (χ1) is 9.70. The van der Waals surface area contributed by atoms with Crippen LogP contribution < -0.4 is 0 Å². The lowest BCUT2D eigenvalue weighted by Gasteiger charge is -2.23. The lowest BCUT2D eigenvalue weighted by atomic mass is 10.2. The summed E-state index contributed by atoms with van der Waals surface area (Å²) in [6, 6.07) is 6.46. The maximum absolute atomic E-state index is 12.5. The predicted molar refractivity (Wildman–Crippen MR) is 67.8 cm³/mol. The molecule has 0 aliphatic heterocycles. The molecule has 0 fully saturated rings. The second kappa shape index (κ2) is 6.89. The molecule has 0 radical (unpaired) electrons. The fraction of sp³-hybridized carbons (Fsp3) is 0.417. The van der Waals surface area contributed by atoms with Crippen LogP contribution in [-0.2, 0) is 14.8 Å². The van der Waals surface area contributed by atoms with Gasteiger partial charge in [0.05, 0.1) is 23.1 Å². The molecular weight excluding hydrogens is 309 g/mol. The van der Waals surface area contributed by atoms with Gasteiger partial charge in [-0.05, 0) is 24.3 Å². The van der Waals surface area contributed by atoms with E-state index in [0.29, 0.717) is 4.31 Å². The highest BCUT2D eigenvalue weighted by atomic mass is 32.2. The van der Waals surface area contributed by atoms with Crippen molar-refractivity contribution in [3.05, 3.63) is 29.8 Å². The number of rotatable bonds is 6. The molecule has 1 rings (SSSR count). The molecule has 0 unspecified atom stereocenters. The summed E-state index contributed by atoms with van der Waals surface area (Å²) in [7, 11) is -3.04. The molecule has 0 spiro atoms. The van der Waals surface area contributed by atoms with Gasteiger partial charge in [0, 0.05) is 13.7 Å². The second-order valence-corrected chi connectivity index (χ2v) is 6.02. The van der Waals surface area contributed by atoms with Crippen LogP contribution in [0.4, 0.5) is 13.2 Å². The maximum atomic E-state index is 12.5. The molecule has 0 amide bonds. The number of nitriles is 1. The molecule has 9 heteroatoms. The van der Waals surface area contributed by atoms with Crippen molar-refractivity contribution in [2.24, 2.45) is 0 Å². The molecule has 0 aliphatic rings. The standard InChI is InChI=1S/C12H13F3N2O3S/c1-20-7-6-17(9-12(13,14)15)21(18,19)11-4-2-10(8-16)3-5-11/h2-5H,6-7,9H2,1H3. The number of benzene rings is 1. The fourth-order valence-corrected chi connectivity index (χ4v) is 2.94. The smallest absolute Gasteiger partial charge is 0.383 e. The Kier molecular flexibility index (Phi) is 5.71. The zero-order chi connectivity index (χ0) is 16.1. The van der Waals surface area contributed by atoms with Crippen molar-refractivity contribution in [1.29, 1.82) is 5.26 Å². The Morgan fingerprint density at radius 3 is 2.29 bits per heavy atom. The van der Waals surface area contributed by atoms with Crippen LogP contribution in [0.15, 0.2) is 29.2 Å². The number of hydrogen-bond acceptors (Lipinski definition) is 4. The van der Waals surface area contributed by atoms with Crippen LogP contribution in [0, 0.1) is 11.3 Å². The SMILES string of the molecule is COCCN(CC(F)(F)F)S(=O)(=O)c1ccc(C#N)cc1. The highest BCUT2D eigenvalue weighted by Gasteiger charge is 2.36. The van der Waals surface area contributed by atoms with Crippen molar-refractivity contribution in [2.45, 2.75) is 11.1 Å². The van der Waals surface area contributed by atoms with E-state index < -0.39 is 29.3 Å². The Labute approximate surface area is 120 Å². The van der Waals surface area contributed by atoms with E-state index in [1.807, 2.05) is 0 Å².